The van der Waals surface area contributed by atoms with E-state index in [2.05, 4.69) is 47.3 Å². The van der Waals surface area contributed by atoms with Gasteiger partial charge in [-0.1, -0.05) is 27.2 Å². The van der Waals surface area contributed by atoms with Gasteiger partial charge in [0.15, 0.2) is 5.82 Å². The van der Waals surface area contributed by atoms with Gasteiger partial charge in [0.05, 0.1) is 18.3 Å². The van der Waals surface area contributed by atoms with Gasteiger partial charge < -0.3 is 19.9 Å². The van der Waals surface area contributed by atoms with Gasteiger partial charge >= 0.3 is 0 Å². The highest BCUT2D eigenvalue weighted by molar-refractivity contribution is 5.82. The molecule has 0 aromatic carbocycles. The second kappa shape index (κ2) is 9.46. The molecule has 3 heterocycles. The first-order valence-electron chi connectivity index (χ1n) is 10.3. The average Bonchev–Trinajstić information content (AvgIpc) is 2.95. The maximum absolute atomic E-state index is 13.1. The van der Waals surface area contributed by atoms with E-state index >= 15 is 0 Å². The molecule has 150 valence electrons. The van der Waals surface area contributed by atoms with Crippen molar-refractivity contribution < 1.29 is 9.53 Å². The number of carbonyl (C=O) groups excluding carboxylic acids is 1. The van der Waals surface area contributed by atoms with Crippen LogP contribution in [0, 0.1) is 0 Å². The Labute approximate surface area is 162 Å². The Morgan fingerprint density at radius 3 is 2.89 bits per heavy atom. The molecule has 0 radical (unpaired) electrons. The lowest BCUT2D eigenvalue weighted by Gasteiger charge is -2.32. The Bertz CT molecular complexity index is 629. The second-order valence-electron chi connectivity index (χ2n) is 7.80. The summed E-state index contributed by atoms with van der Waals surface area (Å²) in [5, 5.41) is 12.3. The number of rotatable bonds is 6. The topological polar surface area (TPSA) is 70.6 Å². The molecule has 0 bridgehead atoms. The summed E-state index contributed by atoms with van der Waals surface area (Å²) in [4.78, 5) is 17.3. The van der Waals surface area contributed by atoms with Gasteiger partial charge in [-0.3, -0.25) is 4.79 Å². The van der Waals surface area contributed by atoms with Gasteiger partial charge in [-0.25, -0.2) is 0 Å². The third kappa shape index (κ3) is 5.17. The minimum Gasteiger partial charge on any atom is -0.380 e. The summed E-state index contributed by atoms with van der Waals surface area (Å²) in [5.41, 5.74) is 2.15. The van der Waals surface area contributed by atoms with Crippen molar-refractivity contribution in [3.8, 4) is 0 Å². The van der Waals surface area contributed by atoms with E-state index in [9.17, 15) is 4.79 Å². The van der Waals surface area contributed by atoms with Crippen molar-refractivity contribution in [2.75, 3.05) is 37.7 Å². The fraction of sp³-hybridized carbons (Fsp3) is 0.750. The molecule has 7 heteroatoms. The van der Waals surface area contributed by atoms with Crippen LogP contribution in [0.3, 0.4) is 0 Å². The summed E-state index contributed by atoms with van der Waals surface area (Å²) in [5.74, 6) is 1.11. The number of nitrogens with zero attached hydrogens (tertiary/aromatic N) is 4. The molecular weight excluding hydrogens is 342 g/mol. The number of hydrogen-bond acceptors (Lipinski definition) is 6. The van der Waals surface area contributed by atoms with Gasteiger partial charge in [-0.15, -0.1) is 5.10 Å². The highest BCUT2D eigenvalue weighted by Gasteiger charge is 2.28. The Balaban J connectivity index is 1.72. The zero-order valence-corrected chi connectivity index (χ0v) is 16.9. The van der Waals surface area contributed by atoms with E-state index in [0.717, 1.165) is 75.6 Å². The standard InChI is InChI=1S/C20H33N5O2/c1-4-6-18(21-15(2)3)20(26)25-9-7-17-16(14-25)13-19(23-22-17)24-8-5-11-27-12-10-24/h13,15,18,21H,4-12,14H2,1-3H3. The van der Waals surface area contributed by atoms with Crippen molar-refractivity contribution >= 4 is 11.7 Å². The molecule has 1 aromatic rings. The number of aromatic nitrogens is 2. The molecule has 1 amide bonds. The summed E-state index contributed by atoms with van der Waals surface area (Å²) >= 11 is 0. The predicted octanol–water partition coefficient (Wildman–Crippen LogP) is 1.75. The molecule has 2 aliphatic rings. The van der Waals surface area contributed by atoms with Crippen molar-refractivity contribution in [2.24, 2.45) is 0 Å². The molecule has 1 atom stereocenters. The highest BCUT2D eigenvalue weighted by Crippen LogP contribution is 2.22. The molecule has 0 spiro atoms. The molecule has 3 rings (SSSR count). The van der Waals surface area contributed by atoms with Gasteiger partial charge in [0.25, 0.3) is 0 Å². The normalized spacial score (nSPS) is 19.0. The number of carbonyl (C=O) groups is 1. The first-order valence-corrected chi connectivity index (χ1v) is 10.3. The van der Waals surface area contributed by atoms with Crippen LogP contribution in [-0.2, 0) is 22.5 Å². The van der Waals surface area contributed by atoms with Gasteiger partial charge in [0, 0.05) is 45.2 Å². The van der Waals surface area contributed by atoms with Crippen LogP contribution in [0.4, 0.5) is 5.82 Å². The van der Waals surface area contributed by atoms with Crippen molar-refractivity contribution in [3.05, 3.63) is 17.3 Å². The van der Waals surface area contributed by atoms with E-state index in [0.29, 0.717) is 12.6 Å². The quantitative estimate of drug-likeness (QED) is 0.817. The van der Waals surface area contributed by atoms with Crippen LogP contribution in [0.5, 0.6) is 0 Å². The SMILES string of the molecule is CCCC(NC(C)C)C(=O)N1CCc2nnc(N3CCCOCC3)cc2C1. The monoisotopic (exact) mass is 375 g/mol. The maximum atomic E-state index is 13.1. The Morgan fingerprint density at radius 1 is 1.26 bits per heavy atom. The van der Waals surface area contributed by atoms with Crippen LogP contribution >= 0.6 is 0 Å². The number of hydrogen-bond donors (Lipinski definition) is 1. The van der Waals surface area contributed by atoms with E-state index in [1.165, 1.54) is 0 Å². The molecule has 1 aromatic heterocycles. The first kappa shape index (κ1) is 20.0. The van der Waals surface area contributed by atoms with Crippen LogP contribution < -0.4 is 10.2 Å². The third-order valence-electron chi connectivity index (χ3n) is 5.19. The molecule has 1 unspecified atom stereocenters. The fourth-order valence-electron chi connectivity index (χ4n) is 3.82. The second-order valence-corrected chi connectivity index (χ2v) is 7.80. The van der Waals surface area contributed by atoms with Crippen molar-refractivity contribution in [1.29, 1.82) is 0 Å². The average molecular weight is 376 g/mol. The molecule has 27 heavy (non-hydrogen) atoms. The molecule has 1 N–H and O–H groups in total. The number of ether oxygens (including phenoxy) is 1. The van der Waals surface area contributed by atoms with Gasteiger partial charge in [0.2, 0.25) is 5.91 Å². The number of amides is 1. The van der Waals surface area contributed by atoms with Crippen LogP contribution in [0.1, 0.15) is 51.3 Å². The molecule has 2 aliphatic heterocycles. The van der Waals surface area contributed by atoms with Crippen molar-refractivity contribution in [1.82, 2.24) is 20.4 Å². The smallest absolute Gasteiger partial charge is 0.240 e. The minimum atomic E-state index is -0.103. The molecule has 1 saturated heterocycles. The molecule has 7 nitrogen and oxygen atoms in total. The number of anilines is 1. The minimum absolute atomic E-state index is 0.103. The Hall–Kier alpha value is -1.73. The lowest BCUT2D eigenvalue weighted by atomic mass is 10.0. The number of fused-ring (bicyclic) bond motifs is 1. The largest absolute Gasteiger partial charge is 0.380 e. The lowest BCUT2D eigenvalue weighted by molar-refractivity contribution is -0.134. The van der Waals surface area contributed by atoms with Gasteiger partial charge in [-0.2, -0.15) is 5.10 Å². The first-order chi connectivity index (χ1) is 13.1. The summed E-state index contributed by atoms with van der Waals surface area (Å²) in [6.07, 6.45) is 3.64. The highest BCUT2D eigenvalue weighted by atomic mass is 16.5. The Morgan fingerprint density at radius 2 is 2.11 bits per heavy atom. The molecule has 0 aliphatic carbocycles. The predicted molar refractivity (Wildman–Crippen MR) is 106 cm³/mol. The van der Waals surface area contributed by atoms with Gasteiger partial charge in [0.1, 0.15) is 0 Å². The van der Waals surface area contributed by atoms with Crippen LogP contribution in [-0.4, -0.2) is 65.9 Å². The summed E-state index contributed by atoms with van der Waals surface area (Å²) in [6, 6.07) is 2.32. The van der Waals surface area contributed by atoms with E-state index in [4.69, 9.17) is 4.74 Å². The Kier molecular flexibility index (Phi) is 7.01. The number of nitrogens with one attached hydrogen (secondary N) is 1. The summed E-state index contributed by atoms with van der Waals surface area (Å²) < 4.78 is 5.54. The summed E-state index contributed by atoms with van der Waals surface area (Å²) in [7, 11) is 0. The van der Waals surface area contributed by atoms with Crippen molar-refractivity contribution in [2.45, 2.75) is 65.1 Å². The van der Waals surface area contributed by atoms with E-state index in [1.54, 1.807) is 0 Å². The van der Waals surface area contributed by atoms with Crippen LogP contribution in [0.2, 0.25) is 0 Å². The van der Waals surface area contributed by atoms with Gasteiger partial charge in [-0.05, 0) is 24.5 Å². The van der Waals surface area contributed by atoms with E-state index in [-0.39, 0.29) is 11.9 Å². The van der Waals surface area contributed by atoms with E-state index in [1.807, 2.05) is 4.90 Å². The zero-order chi connectivity index (χ0) is 19.2. The molecule has 1 fully saturated rings. The zero-order valence-electron chi connectivity index (χ0n) is 16.9. The van der Waals surface area contributed by atoms with Crippen LogP contribution in [0.15, 0.2) is 6.07 Å². The van der Waals surface area contributed by atoms with E-state index < -0.39 is 0 Å². The maximum Gasteiger partial charge on any atom is 0.240 e. The third-order valence-corrected chi connectivity index (χ3v) is 5.19. The molecule has 0 saturated carbocycles. The molecular formula is C20H33N5O2. The van der Waals surface area contributed by atoms with Crippen molar-refractivity contribution in [3.63, 3.8) is 0 Å². The van der Waals surface area contributed by atoms with Crippen LogP contribution in [0.25, 0.3) is 0 Å². The lowest BCUT2D eigenvalue weighted by Crippen LogP contribution is -2.50. The fourth-order valence-corrected chi connectivity index (χ4v) is 3.82. The summed E-state index contributed by atoms with van der Waals surface area (Å²) in [6.45, 7) is 11.0.